The first-order valence-corrected chi connectivity index (χ1v) is 12.9. The third-order valence-corrected chi connectivity index (χ3v) is 6.43. The Kier molecular flexibility index (Phi) is 9.94. The largest absolute Gasteiger partial charge is 0.492 e. The Morgan fingerprint density at radius 3 is 2.05 bits per heavy atom. The second-order valence-electron chi connectivity index (χ2n) is 9.02. The van der Waals surface area contributed by atoms with Crippen molar-refractivity contribution in [3.05, 3.63) is 54.1 Å². The summed E-state index contributed by atoms with van der Waals surface area (Å²) in [6.07, 6.45) is -0.566. The number of carbonyl (C=O) groups is 2. The maximum Gasteiger partial charge on any atom is 0.407 e. The highest BCUT2D eigenvalue weighted by Crippen LogP contribution is 2.27. The molecule has 0 aliphatic carbocycles. The van der Waals surface area contributed by atoms with Crippen LogP contribution in [0.25, 0.3) is 0 Å². The number of hydrogen-bond acceptors (Lipinski definition) is 7. The highest BCUT2D eigenvalue weighted by molar-refractivity contribution is 7.89. The van der Waals surface area contributed by atoms with Crippen LogP contribution in [0.5, 0.6) is 11.5 Å². The van der Waals surface area contributed by atoms with Gasteiger partial charge in [-0.25, -0.2) is 18.0 Å². The first kappa shape index (κ1) is 29.5. The fourth-order valence-corrected chi connectivity index (χ4v) is 4.34. The highest BCUT2D eigenvalue weighted by atomic mass is 32.2. The van der Waals surface area contributed by atoms with Gasteiger partial charge in [0.05, 0.1) is 11.4 Å². The highest BCUT2D eigenvalue weighted by Gasteiger charge is 2.39. The van der Waals surface area contributed by atoms with Crippen LogP contribution in [0.2, 0.25) is 0 Å². The fourth-order valence-electron chi connectivity index (χ4n) is 2.98. The second-order valence-corrected chi connectivity index (χ2v) is 10.7. The van der Waals surface area contributed by atoms with Crippen LogP contribution in [-0.2, 0) is 25.1 Å². The summed E-state index contributed by atoms with van der Waals surface area (Å²) in [5.41, 5.74) is -2.37. The third-order valence-electron chi connectivity index (χ3n) is 4.86. The Labute approximate surface area is 217 Å². The molecule has 0 heterocycles. The van der Waals surface area contributed by atoms with E-state index in [0.717, 1.165) is 0 Å². The van der Waals surface area contributed by atoms with Gasteiger partial charge in [0, 0.05) is 0 Å². The van der Waals surface area contributed by atoms with Gasteiger partial charge in [-0.05, 0) is 76.6 Å². The van der Waals surface area contributed by atoms with Gasteiger partial charge in [0.25, 0.3) is 0 Å². The van der Waals surface area contributed by atoms with Gasteiger partial charge >= 0.3 is 12.1 Å². The van der Waals surface area contributed by atoms with Crippen LogP contribution in [0.3, 0.4) is 0 Å². The van der Waals surface area contributed by atoms with Crippen LogP contribution in [0, 0.1) is 11.8 Å². The van der Waals surface area contributed by atoms with E-state index in [-0.39, 0.29) is 30.2 Å². The molecule has 0 radical (unpaired) electrons. The van der Waals surface area contributed by atoms with E-state index in [0.29, 0.717) is 11.5 Å². The molecule has 2 aromatic rings. The molecule has 200 valence electrons. The average Bonchev–Trinajstić information content (AvgIpc) is 2.81. The lowest BCUT2D eigenvalue weighted by atomic mass is 9.93. The molecule has 0 saturated carbocycles. The molecule has 37 heavy (non-hydrogen) atoms. The molecule has 2 rings (SSSR count). The van der Waals surface area contributed by atoms with E-state index in [1.54, 1.807) is 27.7 Å². The second kappa shape index (κ2) is 12.5. The lowest BCUT2D eigenvalue weighted by molar-refractivity contribution is -0.143. The van der Waals surface area contributed by atoms with Crippen molar-refractivity contribution < 1.29 is 37.3 Å². The molecule has 3 N–H and O–H groups in total. The lowest BCUT2D eigenvalue weighted by Gasteiger charge is -2.26. The van der Waals surface area contributed by atoms with Crippen molar-refractivity contribution in [3.8, 4) is 23.3 Å². The molecule has 0 aromatic heterocycles. The van der Waals surface area contributed by atoms with E-state index in [2.05, 4.69) is 21.9 Å². The summed E-state index contributed by atoms with van der Waals surface area (Å²) in [5.74, 6) is 4.88. The van der Waals surface area contributed by atoms with Gasteiger partial charge in [0.15, 0.2) is 5.54 Å². The van der Waals surface area contributed by atoms with Crippen LogP contribution in [0.1, 0.15) is 40.2 Å². The monoisotopic (exact) mass is 532 g/mol. The number of benzene rings is 2. The number of carbonyl (C=O) groups excluding carboxylic acids is 1. The van der Waals surface area contributed by atoms with Crippen LogP contribution in [0.15, 0.2) is 53.4 Å². The number of rotatable bonds is 11. The predicted molar refractivity (Wildman–Crippen MR) is 137 cm³/mol. The topological polar surface area (TPSA) is 140 Å². The molecular weight excluding hydrogens is 500 g/mol. The van der Waals surface area contributed by atoms with E-state index in [1.807, 2.05) is 0 Å². The fraction of sp³-hybridized carbons (Fsp3) is 0.385. The zero-order valence-corrected chi connectivity index (χ0v) is 22.3. The molecule has 0 spiro atoms. The van der Waals surface area contributed by atoms with Crippen molar-refractivity contribution in [1.82, 2.24) is 10.0 Å². The van der Waals surface area contributed by atoms with Gasteiger partial charge in [0.1, 0.15) is 30.3 Å². The third kappa shape index (κ3) is 9.00. The molecule has 0 unspecified atom stereocenters. The zero-order valence-electron chi connectivity index (χ0n) is 21.5. The quantitative estimate of drug-likeness (QED) is 0.296. The minimum absolute atomic E-state index is 0.119. The van der Waals surface area contributed by atoms with Gasteiger partial charge in [0.2, 0.25) is 10.0 Å². The average molecular weight is 533 g/mol. The van der Waals surface area contributed by atoms with Crippen molar-refractivity contribution in [1.29, 1.82) is 0 Å². The Balaban J connectivity index is 2.06. The molecular formula is C26H32N2O8S. The number of aliphatic carboxylic acids is 1. The SMILES string of the molecule is CC#CCOc1ccc(S(=O)(=O)N[C@@](C)(C(=O)O)c2ccc(OCCNC(=O)OC(C)(C)C)cc2)cc1. The van der Waals surface area contributed by atoms with Gasteiger partial charge in [-0.3, -0.25) is 0 Å². The van der Waals surface area contributed by atoms with E-state index >= 15 is 0 Å². The number of hydrogen-bond donors (Lipinski definition) is 3. The molecule has 0 aliphatic heterocycles. The molecule has 1 amide bonds. The Morgan fingerprint density at radius 2 is 1.51 bits per heavy atom. The molecule has 10 nitrogen and oxygen atoms in total. The lowest BCUT2D eigenvalue weighted by Crippen LogP contribution is -2.49. The first-order valence-electron chi connectivity index (χ1n) is 11.4. The van der Waals surface area contributed by atoms with Crippen LogP contribution in [-0.4, -0.2) is 50.9 Å². The Hall–Kier alpha value is -3.75. The minimum atomic E-state index is -4.20. The predicted octanol–water partition coefficient (Wildman–Crippen LogP) is 3.27. The van der Waals surface area contributed by atoms with Crippen molar-refractivity contribution >= 4 is 22.1 Å². The number of carboxylic acid groups (broad SMARTS) is 1. The van der Waals surface area contributed by atoms with E-state index in [4.69, 9.17) is 14.2 Å². The first-order chi connectivity index (χ1) is 17.3. The zero-order chi connectivity index (χ0) is 27.7. The number of amides is 1. The van der Waals surface area contributed by atoms with Gasteiger partial charge in [-0.2, -0.15) is 4.72 Å². The van der Waals surface area contributed by atoms with E-state index in [9.17, 15) is 23.1 Å². The summed E-state index contributed by atoms with van der Waals surface area (Å²) >= 11 is 0. The standard InChI is InChI=1S/C26H32N2O8S/c1-6-7-17-34-21-12-14-22(15-13-21)37(32,33)28-26(5,23(29)30)19-8-10-20(11-9-19)35-18-16-27-24(31)36-25(2,3)4/h8-15,28H,16-18H2,1-5H3,(H,27,31)(H,29,30)/t26-/m1/s1. The van der Waals surface area contributed by atoms with E-state index < -0.39 is 33.2 Å². The van der Waals surface area contributed by atoms with Crippen molar-refractivity contribution in [2.24, 2.45) is 0 Å². The smallest absolute Gasteiger partial charge is 0.407 e. The summed E-state index contributed by atoms with van der Waals surface area (Å²) in [4.78, 5) is 23.7. The summed E-state index contributed by atoms with van der Waals surface area (Å²) in [6.45, 7) is 8.71. The maximum atomic E-state index is 13.0. The molecule has 11 heteroatoms. The van der Waals surface area contributed by atoms with Crippen LogP contribution >= 0.6 is 0 Å². The molecule has 2 aromatic carbocycles. The minimum Gasteiger partial charge on any atom is -0.492 e. The Bertz CT molecular complexity index is 1240. The number of carboxylic acids is 1. The van der Waals surface area contributed by atoms with Crippen molar-refractivity contribution in [2.45, 2.75) is 50.7 Å². The summed E-state index contributed by atoms with van der Waals surface area (Å²) in [7, 11) is -4.20. The summed E-state index contributed by atoms with van der Waals surface area (Å²) in [6, 6.07) is 11.5. The molecule has 0 fully saturated rings. The summed E-state index contributed by atoms with van der Waals surface area (Å²) in [5, 5.41) is 12.5. The van der Waals surface area contributed by atoms with Gasteiger partial charge in [-0.1, -0.05) is 18.1 Å². The van der Waals surface area contributed by atoms with Gasteiger partial charge < -0.3 is 24.6 Å². The molecule has 0 saturated heterocycles. The Morgan fingerprint density at radius 1 is 0.946 bits per heavy atom. The van der Waals surface area contributed by atoms with Crippen molar-refractivity contribution in [2.75, 3.05) is 19.8 Å². The molecule has 0 aliphatic rings. The van der Waals surface area contributed by atoms with Crippen LogP contribution < -0.4 is 19.5 Å². The maximum absolute atomic E-state index is 13.0. The number of sulfonamides is 1. The number of nitrogens with one attached hydrogen (secondary N) is 2. The molecule has 0 bridgehead atoms. The van der Waals surface area contributed by atoms with E-state index in [1.165, 1.54) is 55.5 Å². The number of ether oxygens (including phenoxy) is 3. The number of alkyl carbamates (subject to hydrolysis) is 1. The summed E-state index contributed by atoms with van der Waals surface area (Å²) < 4.78 is 44.3. The van der Waals surface area contributed by atoms with Crippen molar-refractivity contribution in [3.63, 3.8) is 0 Å². The normalized spacial score (nSPS) is 12.9. The molecule has 1 atom stereocenters. The van der Waals surface area contributed by atoms with Crippen LogP contribution in [0.4, 0.5) is 4.79 Å². The van der Waals surface area contributed by atoms with Gasteiger partial charge in [-0.15, -0.1) is 5.92 Å².